The van der Waals surface area contributed by atoms with E-state index in [1.54, 1.807) is 0 Å². The van der Waals surface area contributed by atoms with Gasteiger partial charge in [0.2, 0.25) is 5.91 Å². The zero-order chi connectivity index (χ0) is 14.0. The first kappa shape index (κ1) is 14.8. The molecule has 0 aromatic carbocycles. The van der Waals surface area contributed by atoms with Crippen molar-refractivity contribution < 1.29 is 4.79 Å². The average molecular weight is 266 g/mol. The van der Waals surface area contributed by atoms with Gasteiger partial charge in [-0.3, -0.25) is 4.79 Å². The summed E-state index contributed by atoms with van der Waals surface area (Å²) in [7, 11) is 0. The summed E-state index contributed by atoms with van der Waals surface area (Å²) >= 11 is 0. The van der Waals surface area contributed by atoms with E-state index >= 15 is 0 Å². The maximum absolute atomic E-state index is 12.6. The van der Waals surface area contributed by atoms with Crippen LogP contribution in [0.4, 0.5) is 0 Å². The van der Waals surface area contributed by atoms with E-state index in [0.29, 0.717) is 17.9 Å². The molecule has 4 atom stereocenters. The van der Waals surface area contributed by atoms with E-state index in [2.05, 4.69) is 19.2 Å². The van der Waals surface area contributed by atoms with Gasteiger partial charge in [0.1, 0.15) is 0 Å². The van der Waals surface area contributed by atoms with E-state index in [1.807, 2.05) is 6.92 Å². The fourth-order valence-corrected chi connectivity index (χ4v) is 3.95. The van der Waals surface area contributed by atoms with Crippen molar-refractivity contribution in [3.63, 3.8) is 0 Å². The molecular weight excluding hydrogens is 236 g/mol. The SMILES string of the molecule is CC(C)C1CCCCC1NC(=O)C1(C)CCCC1N. The van der Waals surface area contributed by atoms with Crippen molar-refractivity contribution in [2.75, 3.05) is 0 Å². The van der Waals surface area contributed by atoms with Crippen molar-refractivity contribution in [2.24, 2.45) is 23.0 Å². The fourth-order valence-electron chi connectivity index (χ4n) is 3.95. The first-order chi connectivity index (χ1) is 8.95. The monoisotopic (exact) mass is 266 g/mol. The highest BCUT2D eigenvalue weighted by atomic mass is 16.2. The minimum Gasteiger partial charge on any atom is -0.353 e. The lowest BCUT2D eigenvalue weighted by atomic mass is 9.76. The van der Waals surface area contributed by atoms with Gasteiger partial charge in [0.15, 0.2) is 0 Å². The number of hydrogen-bond acceptors (Lipinski definition) is 2. The molecule has 0 aromatic rings. The Bertz CT molecular complexity index is 329. The van der Waals surface area contributed by atoms with Crippen LogP contribution in [0.3, 0.4) is 0 Å². The van der Waals surface area contributed by atoms with Gasteiger partial charge in [-0.1, -0.05) is 33.1 Å². The third kappa shape index (κ3) is 2.96. The van der Waals surface area contributed by atoms with Crippen molar-refractivity contribution in [1.82, 2.24) is 5.32 Å². The highest BCUT2D eigenvalue weighted by molar-refractivity contribution is 5.83. The second kappa shape index (κ2) is 5.82. The van der Waals surface area contributed by atoms with E-state index in [1.165, 1.54) is 19.3 Å². The van der Waals surface area contributed by atoms with Gasteiger partial charge >= 0.3 is 0 Å². The highest BCUT2D eigenvalue weighted by Crippen LogP contribution is 2.38. The summed E-state index contributed by atoms with van der Waals surface area (Å²) in [6, 6.07) is 0.402. The number of carbonyl (C=O) groups excluding carboxylic acids is 1. The van der Waals surface area contributed by atoms with Crippen molar-refractivity contribution in [2.45, 2.75) is 77.8 Å². The summed E-state index contributed by atoms with van der Waals surface area (Å²) < 4.78 is 0. The van der Waals surface area contributed by atoms with Gasteiger partial charge in [-0.25, -0.2) is 0 Å². The van der Waals surface area contributed by atoms with Crippen molar-refractivity contribution >= 4 is 5.91 Å². The number of amides is 1. The molecular formula is C16H30N2O. The molecule has 3 N–H and O–H groups in total. The van der Waals surface area contributed by atoms with Gasteiger partial charge in [-0.2, -0.15) is 0 Å². The lowest BCUT2D eigenvalue weighted by Crippen LogP contribution is -2.53. The lowest BCUT2D eigenvalue weighted by molar-refractivity contribution is -0.132. The van der Waals surface area contributed by atoms with E-state index in [9.17, 15) is 4.79 Å². The molecule has 0 heterocycles. The number of hydrogen-bond donors (Lipinski definition) is 2. The van der Waals surface area contributed by atoms with Crippen LogP contribution >= 0.6 is 0 Å². The van der Waals surface area contributed by atoms with Crippen molar-refractivity contribution in [1.29, 1.82) is 0 Å². The second-order valence-corrected chi connectivity index (χ2v) is 7.19. The van der Waals surface area contributed by atoms with E-state index < -0.39 is 0 Å². The van der Waals surface area contributed by atoms with Crippen LogP contribution in [-0.2, 0) is 4.79 Å². The highest BCUT2D eigenvalue weighted by Gasteiger charge is 2.44. The average Bonchev–Trinajstić information content (AvgIpc) is 2.71. The van der Waals surface area contributed by atoms with Crippen LogP contribution in [0.5, 0.6) is 0 Å². The molecule has 0 aromatic heterocycles. The summed E-state index contributed by atoms with van der Waals surface area (Å²) in [5.41, 5.74) is 5.82. The number of carbonyl (C=O) groups is 1. The minimum atomic E-state index is -0.334. The molecule has 19 heavy (non-hydrogen) atoms. The molecule has 2 aliphatic carbocycles. The quantitative estimate of drug-likeness (QED) is 0.825. The van der Waals surface area contributed by atoms with Gasteiger partial charge in [0.25, 0.3) is 0 Å². The Labute approximate surface area is 117 Å². The van der Waals surface area contributed by atoms with Crippen molar-refractivity contribution in [3.05, 3.63) is 0 Å². The molecule has 0 bridgehead atoms. The van der Waals surface area contributed by atoms with Gasteiger partial charge < -0.3 is 11.1 Å². The molecule has 2 saturated carbocycles. The zero-order valence-electron chi connectivity index (χ0n) is 12.7. The third-order valence-electron chi connectivity index (χ3n) is 5.54. The van der Waals surface area contributed by atoms with E-state index in [0.717, 1.165) is 25.7 Å². The lowest BCUT2D eigenvalue weighted by Gasteiger charge is -2.38. The van der Waals surface area contributed by atoms with Gasteiger partial charge in [-0.05, 0) is 44.4 Å². The molecule has 2 fully saturated rings. The third-order valence-corrected chi connectivity index (χ3v) is 5.54. The largest absolute Gasteiger partial charge is 0.353 e. The molecule has 1 amide bonds. The van der Waals surface area contributed by atoms with E-state index in [4.69, 9.17) is 5.73 Å². The number of nitrogens with one attached hydrogen (secondary N) is 1. The normalized spacial score (nSPS) is 39.5. The van der Waals surface area contributed by atoms with Gasteiger partial charge in [0.05, 0.1) is 5.41 Å². The summed E-state index contributed by atoms with van der Waals surface area (Å²) in [6.07, 6.45) is 7.97. The molecule has 2 aliphatic rings. The van der Waals surface area contributed by atoms with Crippen LogP contribution in [0.1, 0.15) is 65.7 Å². The molecule has 0 spiro atoms. The first-order valence-electron chi connectivity index (χ1n) is 8.01. The van der Waals surface area contributed by atoms with Crippen LogP contribution in [0.15, 0.2) is 0 Å². The predicted molar refractivity (Wildman–Crippen MR) is 78.7 cm³/mol. The molecule has 0 saturated heterocycles. The summed E-state index contributed by atoms with van der Waals surface area (Å²) in [5, 5.41) is 3.34. The maximum atomic E-state index is 12.6. The Morgan fingerprint density at radius 3 is 2.47 bits per heavy atom. The maximum Gasteiger partial charge on any atom is 0.227 e. The Morgan fingerprint density at radius 1 is 1.21 bits per heavy atom. The standard InChI is InChI=1S/C16H30N2O/c1-11(2)12-7-4-5-8-13(12)18-15(19)16(3)10-6-9-14(16)17/h11-14H,4-10,17H2,1-3H3,(H,18,19). The molecule has 3 heteroatoms. The zero-order valence-corrected chi connectivity index (χ0v) is 12.7. The van der Waals surface area contributed by atoms with Crippen LogP contribution < -0.4 is 11.1 Å². The predicted octanol–water partition coefficient (Wildman–Crippen LogP) is 2.83. The minimum absolute atomic E-state index is 0.0357. The Hall–Kier alpha value is -0.570. The van der Waals surface area contributed by atoms with Gasteiger partial charge in [-0.15, -0.1) is 0 Å². The smallest absolute Gasteiger partial charge is 0.227 e. The van der Waals surface area contributed by atoms with Crippen LogP contribution in [-0.4, -0.2) is 18.0 Å². The molecule has 0 aliphatic heterocycles. The van der Waals surface area contributed by atoms with Crippen LogP contribution in [0.2, 0.25) is 0 Å². The molecule has 0 radical (unpaired) electrons. The van der Waals surface area contributed by atoms with Crippen LogP contribution in [0.25, 0.3) is 0 Å². The first-order valence-corrected chi connectivity index (χ1v) is 8.01. The second-order valence-electron chi connectivity index (χ2n) is 7.19. The molecule has 3 nitrogen and oxygen atoms in total. The summed E-state index contributed by atoms with van der Waals surface area (Å²) in [6.45, 7) is 6.60. The van der Waals surface area contributed by atoms with Crippen molar-refractivity contribution in [3.8, 4) is 0 Å². The number of rotatable bonds is 3. The summed E-state index contributed by atoms with van der Waals surface area (Å²) in [5.74, 6) is 1.49. The Morgan fingerprint density at radius 2 is 1.89 bits per heavy atom. The number of nitrogens with two attached hydrogens (primary N) is 1. The van der Waals surface area contributed by atoms with E-state index in [-0.39, 0.29) is 17.4 Å². The van der Waals surface area contributed by atoms with Crippen LogP contribution in [0, 0.1) is 17.3 Å². The van der Waals surface area contributed by atoms with Gasteiger partial charge in [0, 0.05) is 12.1 Å². The Kier molecular flexibility index (Phi) is 4.54. The Balaban J connectivity index is 2.01. The molecule has 2 rings (SSSR count). The topological polar surface area (TPSA) is 55.1 Å². The molecule has 4 unspecified atom stereocenters. The summed E-state index contributed by atoms with van der Waals surface area (Å²) in [4.78, 5) is 12.6. The fraction of sp³-hybridized carbons (Fsp3) is 0.938. The molecule has 110 valence electrons.